The van der Waals surface area contributed by atoms with E-state index >= 15 is 0 Å². The molecular weight excluding hydrogens is 457 g/mol. The molecule has 4 aromatic rings. The number of ether oxygens (including phenoxy) is 1. The maximum absolute atomic E-state index is 13.8. The Kier molecular flexibility index (Phi) is 7.07. The van der Waals surface area contributed by atoms with E-state index in [9.17, 15) is 14.0 Å². The minimum Gasteiger partial charge on any atom is -0.493 e. The molecule has 2 aromatic carbocycles. The highest BCUT2D eigenvalue weighted by Gasteiger charge is 2.29. The molecule has 1 aliphatic carbocycles. The van der Waals surface area contributed by atoms with Gasteiger partial charge in [-0.25, -0.2) is 9.37 Å². The molecule has 0 radical (unpaired) electrons. The van der Waals surface area contributed by atoms with Crippen LogP contribution in [0, 0.1) is 5.82 Å². The van der Waals surface area contributed by atoms with Gasteiger partial charge in [0.2, 0.25) is 0 Å². The number of amides is 1. The second kappa shape index (κ2) is 10.7. The molecule has 6 nitrogen and oxygen atoms in total. The minimum absolute atomic E-state index is 0.0821. The summed E-state index contributed by atoms with van der Waals surface area (Å²) >= 11 is 0. The van der Waals surface area contributed by atoms with Crippen molar-refractivity contribution in [2.24, 2.45) is 0 Å². The van der Waals surface area contributed by atoms with E-state index in [-0.39, 0.29) is 28.9 Å². The third kappa shape index (κ3) is 5.15. The second-order valence-corrected chi connectivity index (χ2v) is 9.11. The Hall–Kier alpha value is -4.00. The molecule has 2 heterocycles. The van der Waals surface area contributed by atoms with Crippen LogP contribution < -0.4 is 10.3 Å². The number of halogens is 1. The van der Waals surface area contributed by atoms with Crippen LogP contribution in [-0.4, -0.2) is 32.8 Å². The van der Waals surface area contributed by atoms with Crippen LogP contribution in [0.4, 0.5) is 4.39 Å². The highest BCUT2D eigenvalue weighted by Crippen LogP contribution is 2.27. The summed E-state index contributed by atoms with van der Waals surface area (Å²) in [7, 11) is 0. The zero-order valence-electron chi connectivity index (χ0n) is 20.0. The molecule has 0 spiro atoms. The molecular formula is C29H28FN3O3. The molecule has 1 saturated carbocycles. The number of carbonyl (C=O) groups excluding carboxylic acids is 1. The lowest BCUT2D eigenvalue weighted by atomic mass is 10.1. The van der Waals surface area contributed by atoms with Crippen molar-refractivity contribution < 1.29 is 13.9 Å². The molecule has 5 rings (SSSR count). The summed E-state index contributed by atoms with van der Waals surface area (Å²) in [4.78, 5) is 32.8. The number of pyridine rings is 1. The smallest absolute Gasteiger partial charge is 0.270 e. The fourth-order valence-electron chi connectivity index (χ4n) is 4.78. The van der Waals surface area contributed by atoms with Crippen LogP contribution in [0.25, 0.3) is 5.65 Å². The van der Waals surface area contributed by atoms with Gasteiger partial charge in [0, 0.05) is 31.4 Å². The summed E-state index contributed by atoms with van der Waals surface area (Å²) in [5.41, 5.74) is 1.81. The molecule has 1 fully saturated rings. The molecule has 1 amide bonds. The number of rotatable bonds is 8. The molecule has 0 saturated heterocycles. The third-order valence-electron chi connectivity index (χ3n) is 6.74. The number of carbonyl (C=O) groups is 1. The monoisotopic (exact) mass is 485 g/mol. The van der Waals surface area contributed by atoms with E-state index in [4.69, 9.17) is 4.74 Å². The Labute approximate surface area is 209 Å². The first-order valence-corrected chi connectivity index (χ1v) is 12.3. The van der Waals surface area contributed by atoms with Crippen molar-refractivity contribution in [1.82, 2.24) is 14.3 Å². The Bertz CT molecular complexity index is 1410. The quantitative estimate of drug-likeness (QED) is 0.351. The number of hydrogen-bond acceptors (Lipinski definition) is 4. The summed E-state index contributed by atoms with van der Waals surface area (Å²) < 4.78 is 21.0. The first kappa shape index (κ1) is 23.7. The van der Waals surface area contributed by atoms with Gasteiger partial charge in [0.05, 0.1) is 6.61 Å². The molecule has 7 heteroatoms. The summed E-state index contributed by atoms with van der Waals surface area (Å²) in [6.07, 6.45) is 7.49. The van der Waals surface area contributed by atoms with Gasteiger partial charge >= 0.3 is 0 Å². The molecule has 0 unspecified atom stereocenters. The largest absolute Gasteiger partial charge is 0.493 e. The fourth-order valence-corrected chi connectivity index (χ4v) is 4.78. The summed E-state index contributed by atoms with van der Waals surface area (Å²) in [5, 5.41) is 0. The number of nitrogens with zero attached hydrogens (tertiary/aromatic N) is 3. The number of hydrogen-bond donors (Lipinski definition) is 0. The van der Waals surface area contributed by atoms with E-state index in [0.717, 1.165) is 31.2 Å². The van der Waals surface area contributed by atoms with E-state index in [1.807, 2.05) is 35.2 Å². The molecule has 2 aromatic heterocycles. The van der Waals surface area contributed by atoms with Crippen LogP contribution in [0.5, 0.6) is 5.75 Å². The summed E-state index contributed by atoms with van der Waals surface area (Å²) in [5.74, 6) is 0.169. The zero-order chi connectivity index (χ0) is 24.9. The first-order chi connectivity index (χ1) is 17.6. The normalized spacial score (nSPS) is 13.7. The van der Waals surface area contributed by atoms with Gasteiger partial charge in [0.15, 0.2) is 0 Å². The molecule has 0 bridgehead atoms. The molecule has 1 aliphatic rings. The van der Waals surface area contributed by atoms with E-state index in [1.54, 1.807) is 36.5 Å². The average molecular weight is 486 g/mol. The lowest BCUT2D eigenvalue weighted by molar-refractivity contribution is 0.0662. The lowest BCUT2D eigenvalue weighted by Gasteiger charge is -2.29. The van der Waals surface area contributed by atoms with Crippen LogP contribution >= 0.6 is 0 Å². The van der Waals surface area contributed by atoms with E-state index in [0.29, 0.717) is 36.5 Å². The lowest BCUT2D eigenvalue weighted by Crippen LogP contribution is -2.41. The van der Waals surface area contributed by atoms with Gasteiger partial charge in [-0.1, -0.05) is 49.2 Å². The van der Waals surface area contributed by atoms with Crippen molar-refractivity contribution in [2.45, 2.75) is 44.7 Å². The van der Waals surface area contributed by atoms with Crippen molar-refractivity contribution in [2.75, 3.05) is 6.61 Å². The molecule has 0 atom stereocenters. The first-order valence-electron chi connectivity index (χ1n) is 12.3. The van der Waals surface area contributed by atoms with E-state index in [2.05, 4.69) is 4.98 Å². The number of fused-ring (bicyclic) bond motifs is 1. The van der Waals surface area contributed by atoms with E-state index in [1.165, 1.54) is 16.7 Å². The van der Waals surface area contributed by atoms with Crippen molar-refractivity contribution >= 4 is 11.6 Å². The minimum atomic E-state index is -0.354. The zero-order valence-corrected chi connectivity index (χ0v) is 20.0. The molecule has 184 valence electrons. The molecule has 36 heavy (non-hydrogen) atoms. The van der Waals surface area contributed by atoms with E-state index < -0.39 is 0 Å². The van der Waals surface area contributed by atoms with Crippen LogP contribution in [0.2, 0.25) is 0 Å². The second-order valence-electron chi connectivity index (χ2n) is 9.11. The van der Waals surface area contributed by atoms with Gasteiger partial charge in [-0.15, -0.1) is 0 Å². The predicted molar refractivity (Wildman–Crippen MR) is 136 cm³/mol. The van der Waals surface area contributed by atoms with Crippen molar-refractivity contribution in [1.29, 1.82) is 0 Å². The number of aromatic nitrogens is 2. The van der Waals surface area contributed by atoms with Gasteiger partial charge in [-0.2, -0.15) is 0 Å². The highest BCUT2D eigenvalue weighted by molar-refractivity contribution is 5.94. The standard InChI is InChI=1S/C29H28FN3O3/c30-26-10-4-1-7-22(26)16-18-36-24-14-12-21(13-15-24)20-33(23-8-2-3-9-23)29(35)25-19-31-27-11-5-6-17-32(27)28(25)34/h1,4-7,10-15,17,19,23H,2-3,8-9,16,18,20H2. The Morgan fingerprint density at radius 2 is 1.78 bits per heavy atom. The van der Waals surface area contributed by atoms with Crippen LogP contribution in [0.1, 0.15) is 47.2 Å². The molecule has 0 aliphatic heterocycles. The van der Waals surface area contributed by atoms with Crippen LogP contribution in [-0.2, 0) is 13.0 Å². The fraction of sp³-hybridized carbons (Fsp3) is 0.276. The SMILES string of the molecule is O=C(c1cnc2ccccn2c1=O)N(Cc1ccc(OCCc2ccccc2F)cc1)C1CCCC1. The Balaban J connectivity index is 1.30. The maximum atomic E-state index is 13.8. The van der Waals surface area contributed by atoms with Gasteiger partial charge in [-0.05, 0) is 54.3 Å². The van der Waals surface area contributed by atoms with Crippen LogP contribution in [0.15, 0.2) is 83.9 Å². The summed E-state index contributed by atoms with van der Waals surface area (Å²) in [6.45, 7) is 0.766. The topological polar surface area (TPSA) is 63.9 Å². The van der Waals surface area contributed by atoms with Gasteiger partial charge in [0.25, 0.3) is 11.5 Å². The van der Waals surface area contributed by atoms with Crippen molar-refractivity contribution in [3.63, 3.8) is 0 Å². The average Bonchev–Trinajstić information content (AvgIpc) is 3.44. The third-order valence-corrected chi connectivity index (χ3v) is 6.74. The van der Waals surface area contributed by atoms with Gasteiger partial charge in [0.1, 0.15) is 22.8 Å². The maximum Gasteiger partial charge on any atom is 0.270 e. The molecule has 0 N–H and O–H groups in total. The van der Waals surface area contributed by atoms with Crippen LogP contribution in [0.3, 0.4) is 0 Å². The highest BCUT2D eigenvalue weighted by atomic mass is 19.1. The Morgan fingerprint density at radius 3 is 2.56 bits per heavy atom. The van der Waals surface area contributed by atoms with Crippen molar-refractivity contribution in [3.05, 3.63) is 112 Å². The summed E-state index contributed by atoms with van der Waals surface area (Å²) in [6, 6.07) is 19.7. The van der Waals surface area contributed by atoms with Gasteiger partial charge in [-0.3, -0.25) is 14.0 Å². The van der Waals surface area contributed by atoms with Gasteiger partial charge < -0.3 is 9.64 Å². The Morgan fingerprint density at radius 1 is 1.03 bits per heavy atom. The predicted octanol–water partition coefficient (Wildman–Crippen LogP) is 5.04. The number of benzene rings is 2. The van der Waals surface area contributed by atoms with Crippen molar-refractivity contribution in [3.8, 4) is 5.75 Å².